The largest absolute Gasteiger partial charge is 0.463 e. The zero-order valence-electron chi connectivity index (χ0n) is 18.2. The Morgan fingerprint density at radius 1 is 1.24 bits per heavy atom. The predicted molar refractivity (Wildman–Crippen MR) is 125 cm³/mol. The maximum absolute atomic E-state index is 13.6. The van der Waals surface area contributed by atoms with Gasteiger partial charge in [0.15, 0.2) is 5.16 Å². The molecule has 0 aliphatic heterocycles. The van der Waals surface area contributed by atoms with Gasteiger partial charge in [-0.05, 0) is 61.6 Å². The van der Waals surface area contributed by atoms with Crippen molar-refractivity contribution in [2.45, 2.75) is 37.9 Å². The van der Waals surface area contributed by atoms with Crippen molar-refractivity contribution < 1.29 is 18.7 Å². The van der Waals surface area contributed by atoms with Crippen LogP contribution in [0.15, 0.2) is 59.2 Å². The van der Waals surface area contributed by atoms with E-state index >= 15 is 0 Å². The molecule has 33 heavy (non-hydrogen) atoms. The number of esters is 1. The highest BCUT2D eigenvalue weighted by Crippen LogP contribution is 2.46. The Hall–Kier alpha value is -3.46. The van der Waals surface area contributed by atoms with Crippen molar-refractivity contribution in [2.75, 3.05) is 11.9 Å². The number of nitrogens with zero attached hydrogens (tertiary/aromatic N) is 3. The maximum Gasteiger partial charge on any atom is 0.331 e. The van der Waals surface area contributed by atoms with E-state index in [-0.39, 0.29) is 17.8 Å². The number of carbonyl (C=O) groups is 2. The fraction of sp³-hybridized carbons (Fsp3) is 0.250. The van der Waals surface area contributed by atoms with E-state index in [0.29, 0.717) is 23.3 Å². The molecular weight excluding hydrogens is 443 g/mol. The number of nitrogens with one attached hydrogen (secondary N) is 1. The molecule has 9 heteroatoms. The Morgan fingerprint density at radius 3 is 2.67 bits per heavy atom. The summed E-state index contributed by atoms with van der Waals surface area (Å²) < 4.78 is 20.7. The molecule has 1 aliphatic rings. The number of thioether (sulfide) groups is 1. The summed E-state index contributed by atoms with van der Waals surface area (Å²) in [5, 5.41) is 5.09. The van der Waals surface area contributed by atoms with Gasteiger partial charge in [-0.2, -0.15) is 0 Å². The Bertz CT molecular complexity index is 1200. The van der Waals surface area contributed by atoms with Crippen LogP contribution in [-0.4, -0.2) is 33.0 Å². The highest BCUT2D eigenvalue weighted by Gasteiger charge is 2.32. The highest BCUT2D eigenvalue weighted by molar-refractivity contribution is 8.02. The van der Waals surface area contributed by atoms with Crippen LogP contribution >= 0.6 is 11.8 Å². The molecule has 3 aromatic rings. The van der Waals surface area contributed by atoms with Gasteiger partial charge in [0.05, 0.1) is 18.0 Å². The molecule has 1 aliphatic carbocycles. The third kappa shape index (κ3) is 5.48. The maximum atomic E-state index is 13.6. The van der Waals surface area contributed by atoms with Crippen LogP contribution < -0.4 is 5.32 Å². The standard InChI is InChI=1S/C24H23FN4O3S/c1-3-32-21(31)11-13-33-24-28-22(16-4-6-18(25)7-5-16)23(29(24)19-8-9-19)17-10-12-26-20(14-17)27-15(2)30/h4-7,10-14,19H,3,8-9H2,1-2H3,(H,26,27,30)/b13-11+. The molecule has 7 nitrogen and oxygen atoms in total. The summed E-state index contributed by atoms with van der Waals surface area (Å²) in [7, 11) is 0. The summed E-state index contributed by atoms with van der Waals surface area (Å²) in [6, 6.07) is 10.1. The highest BCUT2D eigenvalue weighted by atomic mass is 32.2. The van der Waals surface area contributed by atoms with E-state index in [1.807, 2.05) is 6.07 Å². The van der Waals surface area contributed by atoms with Crippen LogP contribution in [0.3, 0.4) is 0 Å². The van der Waals surface area contributed by atoms with Crippen LogP contribution in [0.5, 0.6) is 0 Å². The normalized spacial score (nSPS) is 13.3. The zero-order valence-corrected chi connectivity index (χ0v) is 19.1. The molecule has 1 fully saturated rings. The average Bonchev–Trinajstić information content (AvgIpc) is 3.55. The molecule has 1 amide bonds. The number of halogens is 1. The molecule has 0 unspecified atom stereocenters. The molecule has 0 spiro atoms. The van der Waals surface area contributed by atoms with Crippen molar-refractivity contribution in [3.63, 3.8) is 0 Å². The van der Waals surface area contributed by atoms with E-state index in [0.717, 1.165) is 29.7 Å². The Kier molecular flexibility index (Phi) is 6.88. The number of amides is 1. The topological polar surface area (TPSA) is 86.1 Å². The Morgan fingerprint density at radius 2 is 2.00 bits per heavy atom. The number of hydrogen-bond donors (Lipinski definition) is 1. The lowest BCUT2D eigenvalue weighted by Crippen LogP contribution is -2.07. The number of imidazole rings is 1. The predicted octanol–water partition coefficient (Wildman–Crippen LogP) is 5.21. The number of anilines is 1. The number of pyridine rings is 1. The Labute approximate surface area is 195 Å². The fourth-order valence-electron chi connectivity index (χ4n) is 3.42. The van der Waals surface area contributed by atoms with Gasteiger partial charge in [0.25, 0.3) is 0 Å². The first-order valence-corrected chi connectivity index (χ1v) is 11.5. The molecule has 0 atom stereocenters. The molecule has 2 aromatic heterocycles. The molecule has 1 saturated carbocycles. The van der Waals surface area contributed by atoms with E-state index in [1.54, 1.807) is 36.7 Å². The van der Waals surface area contributed by atoms with Crippen LogP contribution in [0.25, 0.3) is 22.5 Å². The van der Waals surface area contributed by atoms with Crippen molar-refractivity contribution in [1.82, 2.24) is 14.5 Å². The molecular formula is C24H23FN4O3S. The molecule has 0 saturated heterocycles. The van der Waals surface area contributed by atoms with Gasteiger partial charge in [-0.25, -0.2) is 19.2 Å². The third-order valence-corrected chi connectivity index (χ3v) is 5.68. The second kappa shape index (κ2) is 9.99. The molecule has 4 rings (SSSR count). The van der Waals surface area contributed by atoms with Crippen LogP contribution in [-0.2, 0) is 14.3 Å². The molecule has 2 heterocycles. The quantitative estimate of drug-likeness (QED) is 0.279. The lowest BCUT2D eigenvalue weighted by molar-refractivity contribution is -0.137. The van der Waals surface area contributed by atoms with Gasteiger partial charge in [-0.3, -0.25) is 4.79 Å². The van der Waals surface area contributed by atoms with Gasteiger partial charge >= 0.3 is 5.97 Å². The molecule has 1 aromatic carbocycles. The number of benzene rings is 1. The van der Waals surface area contributed by atoms with Crippen molar-refractivity contribution in [1.29, 1.82) is 0 Å². The molecule has 170 valence electrons. The molecule has 0 bridgehead atoms. The number of aromatic nitrogens is 3. The summed E-state index contributed by atoms with van der Waals surface area (Å²) in [5.41, 5.74) is 3.13. The van der Waals surface area contributed by atoms with Gasteiger partial charge < -0.3 is 14.6 Å². The monoisotopic (exact) mass is 466 g/mol. The average molecular weight is 467 g/mol. The van der Waals surface area contributed by atoms with Gasteiger partial charge in [-0.15, -0.1) is 0 Å². The van der Waals surface area contributed by atoms with E-state index < -0.39 is 5.97 Å². The van der Waals surface area contributed by atoms with Gasteiger partial charge in [0, 0.05) is 36.4 Å². The second-order valence-corrected chi connectivity index (χ2v) is 8.36. The minimum atomic E-state index is -0.414. The minimum absolute atomic E-state index is 0.213. The fourth-order valence-corrected chi connectivity index (χ4v) is 4.22. The van der Waals surface area contributed by atoms with Crippen LogP contribution in [0.1, 0.15) is 32.7 Å². The molecule has 1 N–H and O–H groups in total. The van der Waals surface area contributed by atoms with Gasteiger partial charge in [0.1, 0.15) is 11.6 Å². The van der Waals surface area contributed by atoms with Crippen LogP contribution in [0, 0.1) is 5.82 Å². The summed E-state index contributed by atoms with van der Waals surface area (Å²) >= 11 is 1.32. The lowest BCUT2D eigenvalue weighted by atomic mass is 10.1. The van der Waals surface area contributed by atoms with Crippen molar-refractivity contribution in [3.05, 3.63) is 59.9 Å². The van der Waals surface area contributed by atoms with Gasteiger partial charge in [-0.1, -0.05) is 11.8 Å². The number of ether oxygens (including phenoxy) is 1. The zero-order chi connectivity index (χ0) is 23.4. The number of hydrogen-bond acceptors (Lipinski definition) is 6. The summed E-state index contributed by atoms with van der Waals surface area (Å²) in [4.78, 5) is 32.3. The van der Waals surface area contributed by atoms with E-state index in [1.165, 1.54) is 36.9 Å². The van der Waals surface area contributed by atoms with Gasteiger partial charge in [0.2, 0.25) is 5.91 Å². The number of carbonyl (C=O) groups excluding carboxylic acids is 2. The number of rotatable bonds is 8. The smallest absolute Gasteiger partial charge is 0.331 e. The third-order valence-electron chi connectivity index (χ3n) is 4.91. The van der Waals surface area contributed by atoms with Crippen molar-refractivity contribution in [2.24, 2.45) is 0 Å². The Balaban J connectivity index is 1.82. The lowest BCUT2D eigenvalue weighted by Gasteiger charge is -2.12. The van der Waals surface area contributed by atoms with E-state index in [2.05, 4.69) is 14.9 Å². The first-order chi connectivity index (χ1) is 16.0. The minimum Gasteiger partial charge on any atom is -0.463 e. The molecule has 0 radical (unpaired) electrons. The van der Waals surface area contributed by atoms with Crippen molar-refractivity contribution in [3.8, 4) is 22.5 Å². The first-order valence-electron chi connectivity index (χ1n) is 10.6. The summed E-state index contributed by atoms with van der Waals surface area (Å²) in [6.07, 6.45) is 5.02. The summed E-state index contributed by atoms with van der Waals surface area (Å²) in [6.45, 7) is 3.49. The summed E-state index contributed by atoms with van der Waals surface area (Å²) in [5.74, 6) is -0.521. The van der Waals surface area contributed by atoms with E-state index in [4.69, 9.17) is 9.72 Å². The second-order valence-electron chi connectivity index (χ2n) is 7.48. The van der Waals surface area contributed by atoms with Crippen molar-refractivity contribution >= 4 is 29.5 Å². The van der Waals surface area contributed by atoms with E-state index in [9.17, 15) is 14.0 Å². The van der Waals surface area contributed by atoms with Crippen LogP contribution in [0.4, 0.5) is 10.2 Å². The van der Waals surface area contributed by atoms with Crippen LogP contribution in [0.2, 0.25) is 0 Å². The first kappa shape index (κ1) is 22.7. The SMILES string of the molecule is CCOC(=O)/C=C/Sc1nc(-c2ccc(F)cc2)c(-c2ccnc(NC(C)=O)c2)n1C1CC1.